The van der Waals surface area contributed by atoms with E-state index in [4.69, 9.17) is 4.74 Å². The number of aliphatic carboxylic acids is 1. The minimum absolute atomic E-state index is 0.178. The number of amides is 1. The number of nitrogens with zero attached hydrogens (tertiary/aromatic N) is 1. The van der Waals surface area contributed by atoms with Gasteiger partial charge in [0.2, 0.25) is 0 Å². The molecule has 1 amide bonds. The molecule has 1 saturated heterocycles. The first-order chi connectivity index (χ1) is 8.20. The van der Waals surface area contributed by atoms with E-state index in [0.717, 1.165) is 32.1 Å². The van der Waals surface area contributed by atoms with Crippen molar-refractivity contribution in [3.8, 4) is 0 Å². The van der Waals surface area contributed by atoms with E-state index in [0.29, 0.717) is 19.6 Å². The molecule has 0 radical (unpaired) electrons. The molecule has 1 saturated carbocycles. The van der Waals surface area contributed by atoms with Crippen molar-refractivity contribution in [3.05, 3.63) is 0 Å². The van der Waals surface area contributed by atoms with E-state index in [2.05, 4.69) is 0 Å². The van der Waals surface area contributed by atoms with E-state index in [1.54, 1.807) is 4.90 Å². The molecule has 96 valence electrons. The highest BCUT2D eigenvalue weighted by Gasteiger charge is 2.37. The Kier molecular flexibility index (Phi) is 3.86. The van der Waals surface area contributed by atoms with Crippen LogP contribution in [-0.4, -0.2) is 41.3 Å². The molecule has 0 aromatic rings. The number of carbonyl (C=O) groups excluding carboxylic acids is 1. The smallest absolute Gasteiger partial charge is 0.410 e. The van der Waals surface area contributed by atoms with Gasteiger partial charge in [0.15, 0.2) is 0 Å². The molecule has 2 atom stereocenters. The summed E-state index contributed by atoms with van der Waals surface area (Å²) in [5.41, 5.74) is 0. The summed E-state index contributed by atoms with van der Waals surface area (Å²) in [6.45, 7) is 1.09. The zero-order valence-electron chi connectivity index (χ0n) is 9.93. The van der Waals surface area contributed by atoms with Crippen LogP contribution < -0.4 is 0 Å². The van der Waals surface area contributed by atoms with Gasteiger partial charge < -0.3 is 14.7 Å². The third kappa shape index (κ3) is 2.70. The molecule has 0 aromatic heterocycles. The summed E-state index contributed by atoms with van der Waals surface area (Å²) in [5.74, 6) is -1.21. The number of carboxylic acids is 1. The number of carboxylic acid groups (broad SMARTS) is 1. The predicted octanol–water partition coefficient (Wildman–Crippen LogP) is 1.86. The number of hydrogen-bond donors (Lipinski definition) is 1. The van der Waals surface area contributed by atoms with E-state index in [9.17, 15) is 14.7 Å². The van der Waals surface area contributed by atoms with Crippen LogP contribution in [0.1, 0.15) is 38.5 Å². The first-order valence-corrected chi connectivity index (χ1v) is 6.36. The normalized spacial score (nSPS) is 30.6. The number of ether oxygens (including phenoxy) is 1. The molecule has 5 heteroatoms. The van der Waals surface area contributed by atoms with Crippen molar-refractivity contribution < 1.29 is 19.4 Å². The maximum atomic E-state index is 11.7. The van der Waals surface area contributed by atoms with Gasteiger partial charge >= 0.3 is 12.1 Å². The molecule has 1 aliphatic carbocycles. The fraction of sp³-hybridized carbons (Fsp3) is 0.833. The van der Waals surface area contributed by atoms with Crippen molar-refractivity contribution in [1.82, 2.24) is 4.90 Å². The Morgan fingerprint density at radius 3 is 2.71 bits per heavy atom. The van der Waals surface area contributed by atoms with Crippen LogP contribution in [0.25, 0.3) is 0 Å². The average Bonchev–Trinajstić information content (AvgIpc) is 2.55. The van der Waals surface area contributed by atoms with Gasteiger partial charge in [-0.3, -0.25) is 4.79 Å². The molecule has 0 aromatic carbocycles. The molecule has 1 aliphatic heterocycles. The van der Waals surface area contributed by atoms with Gasteiger partial charge in [-0.25, -0.2) is 4.79 Å². The second-order valence-corrected chi connectivity index (χ2v) is 4.81. The van der Waals surface area contributed by atoms with E-state index >= 15 is 0 Å². The lowest BCUT2D eigenvalue weighted by Gasteiger charge is -2.36. The highest BCUT2D eigenvalue weighted by atomic mass is 16.6. The predicted molar refractivity (Wildman–Crippen MR) is 60.7 cm³/mol. The van der Waals surface area contributed by atoms with Crippen molar-refractivity contribution in [1.29, 1.82) is 0 Å². The molecule has 0 spiro atoms. The Balaban J connectivity index is 2.13. The molecule has 1 N–H and O–H groups in total. The largest absolute Gasteiger partial charge is 0.481 e. The number of rotatable bonds is 2. The topological polar surface area (TPSA) is 66.8 Å². The van der Waals surface area contributed by atoms with Crippen LogP contribution in [0.15, 0.2) is 0 Å². The van der Waals surface area contributed by atoms with Crippen molar-refractivity contribution in [2.75, 3.05) is 13.2 Å². The van der Waals surface area contributed by atoms with Gasteiger partial charge in [0, 0.05) is 12.6 Å². The number of hydrogen-bond acceptors (Lipinski definition) is 3. The molecular weight excluding hydrogens is 222 g/mol. The zero-order valence-corrected chi connectivity index (χ0v) is 9.93. The second-order valence-electron chi connectivity index (χ2n) is 4.81. The summed E-state index contributed by atoms with van der Waals surface area (Å²) in [7, 11) is 0. The zero-order chi connectivity index (χ0) is 12.3. The standard InChI is InChI=1S/C12H19NO4/c14-11(15)9-5-2-1-3-6-10(9)13-7-4-8-17-12(13)16/h9-10H,1-8H2,(H,14,15). The third-order valence-corrected chi connectivity index (χ3v) is 3.70. The highest BCUT2D eigenvalue weighted by Crippen LogP contribution is 2.29. The van der Waals surface area contributed by atoms with Gasteiger partial charge in [-0.15, -0.1) is 0 Å². The van der Waals surface area contributed by atoms with Crippen LogP contribution in [0.5, 0.6) is 0 Å². The van der Waals surface area contributed by atoms with Gasteiger partial charge in [-0.05, 0) is 19.3 Å². The Hall–Kier alpha value is -1.26. The van der Waals surface area contributed by atoms with Crippen LogP contribution in [-0.2, 0) is 9.53 Å². The summed E-state index contributed by atoms with van der Waals surface area (Å²) in [4.78, 5) is 24.6. The summed E-state index contributed by atoms with van der Waals surface area (Å²) < 4.78 is 5.01. The van der Waals surface area contributed by atoms with Crippen LogP contribution >= 0.6 is 0 Å². The summed E-state index contributed by atoms with van der Waals surface area (Å²) >= 11 is 0. The first-order valence-electron chi connectivity index (χ1n) is 6.36. The van der Waals surface area contributed by atoms with Gasteiger partial charge in [0.05, 0.1) is 12.5 Å². The lowest BCUT2D eigenvalue weighted by atomic mass is 9.93. The Morgan fingerprint density at radius 2 is 2.00 bits per heavy atom. The van der Waals surface area contributed by atoms with E-state index < -0.39 is 11.9 Å². The van der Waals surface area contributed by atoms with Crippen molar-refractivity contribution >= 4 is 12.1 Å². The maximum Gasteiger partial charge on any atom is 0.410 e. The van der Waals surface area contributed by atoms with Crippen molar-refractivity contribution in [2.24, 2.45) is 5.92 Å². The van der Waals surface area contributed by atoms with Gasteiger partial charge in [-0.2, -0.15) is 0 Å². The lowest BCUT2D eigenvalue weighted by Crippen LogP contribution is -2.49. The van der Waals surface area contributed by atoms with Crippen LogP contribution in [0.2, 0.25) is 0 Å². The van der Waals surface area contributed by atoms with E-state index in [-0.39, 0.29) is 12.1 Å². The molecule has 17 heavy (non-hydrogen) atoms. The average molecular weight is 241 g/mol. The fourth-order valence-corrected chi connectivity index (χ4v) is 2.82. The molecule has 2 fully saturated rings. The summed E-state index contributed by atoms with van der Waals surface area (Å²) in [6.07, 6.45) is 4.91. The molecule has 5 nitrogen and oxygen atoms in total. The summed E-state index contributed by atoms with van der Waals surface area (Å²) in [6, 6.07) is -0.178. The minimum Gasteiger partial charge on any atom is -0.481 e. The molecule has 2 aliphatic rings. The van der Waals surface area contributed by atoms with Gasteiger partial charge in [-0.1, -0.05) is 19.3 Å². The second kappa shape index (κ2) is 5.38. The molecular formula is C12H19NO4. The van der Waals surface area contributed by atoms with Gasteiger partial charge in [0.25, 0.3) is 0 Å². The maximum absolute atomic E-state index is 11.7. The Labute approximate surface area is 101 Å². The lowest BCUT2D eigenvalue weighted by molar-refractivity contribution is -0.144. The SMILES string of the molecule is O=C(O)C1CCCCCC1N1CCCOC1=O. The van der Waals surface area contributed by atoms with Crippen molar-refractivity contribution in [2.45, 2.75) is 44.6 Å². The van der Waals surface area contributed by atoms with Crippen molar-refractivity contribution in [3.63, 3.8) is 0 Å². The highest BCUT2D eigenvalue weighted by molar-refractivity contribution is 5.74. The monoisotopic (exact) mass is 241 g/mol. The quantitative estimate of drug-likeness (QED) is 0.749. The number of cyclic esters (lactones) is 1. The summed E-state index contributed by atoms with van der Waals surface area (Å²) in [5, 5.41) is 9.27. The van der Waals surface area contributed by atoms with Crippen LogP contribution in [0, 0.1) is 5.92 Å². The third-order valence-electron chi connectivity index (χ3n) is 3.70. The number of carbonyl (C=O) groups is 2. The molecule has 2 rings (SSSR count). The fourth-order valence-electron chi connectivity index (χ4n) is 2.82. The molecule has 2 unspecified atom stereocenters. The Morgan fingerprint density at radius 1 is 1.24 bits per heavy atom. The Bertz CT molecular complexity index is 305. The first kappa shape index (κ1) is 12.2. The van der Waals surface area contributed by atoms with Gasteiger partial charge in [0.1, 0.15) is 0 Å². The minimum atomic E-state index is -0.782. The van der Waals surface area contributed by atoms with Crippen LogP contribution in [0.4, 0.5) is 4.79 Å². The molecule has 1 heterocycles. The van der Waals surface area contributed by atoms with E-state index in [1.807, 2.05) is 0 Å². The molecule has 0 bridgehead atoms. The van der Waals surface area contributed by atoms with Crippen LogP contribution in [0.3, 0.4) is 0 Å². The van der Waals surface area contributed by atoms with E-state index in [1.165, 1.54) is 0 Å².